The van der Waals surface area contributed by atoms with Crippen LogP contribution in [0, 0.1) is 10.8 Å². The lowest BCUT2D eigenvalue weighted by molar-refractivity contribution is -0.179. The fraction of sp³-hybridized carbons (Fsp3) is 0.750. The number of carbonyl (C=O) groups is 3. The molecule has 0 spiro atoms. The first kappa shape index (κ1) is 21.8. The molecule has 160 valence electrons. The van der Waals surface area contributed by atoms with Crippen LogP contribution in [0.15, 0.2) is 5.16 Å². The van der Waals surface area contributed by atoms with Gasteiger partial charge in [-0.25, -0.2) is 4.68 Å². The summed E-state index contributed by atoms with van der Waals surface area (Å²) in [5, 5.41) is 11.7. The molecule has 0 bridgehead atoms. The number of amides is 1. The van der Waals surface area contributed by atoms with Crippen LogP contribution in [0.2, 0.25) is 0 Å². The van der Waals surface area contributed by atoms with Crippen LogP contribution in [0.25, 0.3) is 0 Å². The summed E-state index contributed by atoms with van der Waals surface area (Å²) in [6.45, 7) is 4.83. The monoisotopic (exact) mass is 444 g/mol. The summed E-state index contributed by atoms with van der Waals surface area (Å²) in [6, 6.07) is -0.544. The van der Waals surface area contributed by atoms with Crippen LogP contribution in [-0.2, 0) is 30.9 Å². The molecule has 13 heteroatoms. The molecule has 2 aliphatic heterocycles. The van der Waals surface area contributed by atoms with Crippen molar-refractivity contribution in [3.05, 3.63) is 0 Å². The SMILES string of the molecule is Cn1nnnc1SCC1(C(=O)OCOC(=O)C(C)(C)C)CS[C@@H]2C(N)C(=O)N2C1. The number of hydrogen-bond acceptors (Lipinski definition) is 11. The first-order valence-electron chi connectivity index (χ1n) is 8.92. The molecule has 1 aromatic rings. The van der Waals surface area contributed by atoms with Crippen molar-refractivity contribution in [3.8, 4) is 0 Å². The summed E-state index contributed by atoms with van der Waals surface area (Å²) < 4.78 is 11.8. The highest BCUT2D eigenvalue weighted by atomic mass is 32.2. The van der Waals surface area contributed by atoms with Crippen molar-refractivity contribution in [2.45, 2.75) is 37.3 Å². The minimum absolute atomic E-state index is 0.136. The molecule has 1 amide bonds. The number of ether oxygens (including phenoxy) is 2. The van der Waals surface area contributed by atoms with Crippen LogP contribution in [0.3, 0.4) is 0 Å². The van der Waals surface area contributed by atoms with E-state index in [2.05, 4.69) is 15.5 Å². The second kappa shape index (κ2) is 8.11. The highest BCUT2D eigenvalue weighted by Gasteiger charge is 2.56. The summed E-state index contributed by atoms with van der Waals surface area (Å²) in [4.78, 5) is 38.6. The third kappa shape index (κ3) is 4.36. The number of fused-ring (bicyclic) bond motifs is 1. The summed E-state index contributed by atoms with van der Waals surface area (Å²) in [7, 11) is 1.70. The predicted octanol–water partition coefficient (Wildman–Crippen LogP) is -0.379. The van der Waals surface area contributed by atoms with Crippen molar-refractivity contribution in [2.24, 2.45) is 23.6 Å². The number of carbonyl (C=O) groups excluding carboxylic acids is 3. The highest BCUT2D eigenvalue weighted by molar-refractivity contribution is 8.00. The zero-order valence-corrected chi connectivity index (χ0v) is 18.3. The topological polar surface area (TPSA) is 143 Å². The summed E-state index contributed by atoms with van der Waals surface area (Å²) in [5.41, 5.74) is 4.15. The number of thioether (sulfide) groups is 2. The van der Waals surface area contributed by atoms with Crippen molar-refractivity contribution >= 4 is 41.4 Å². The van der Waals surface area contributed by atoms with Gasteiger partial charge < -0.3 is 20.1 Å². The molecule has 0 aromatic carbocycles. The van der Waals surface area contributed by atoms with Crippen LogP contribution >= 0.6 is 23.5 Å². The van der Waals surface area contributed by atoms with Crippen LogP contribution in [0.4, 0.5) is 0 Å². The van der Waals surface area contributed by atoms with E-state index in [1.807, 2.05) is 0 Å². The number of nitrogens with zero attached hydrogens (tertiary/aromatic N) is 5. The van der Waals surface area contributed by atoms with Gasteiger partial charge in [0.25, 0.3) is 0 Å². The van der Waals surface area contributed by atoms with E-state index in [-0.39, 0.29) is 17.8 Å². The van der Waals surface area contributed by atoms with Crippen molar-refractivity contribution in [3.63, 3.8) is 0 Å². The smallest absolute Gasteiger partial charge is 0.318 e. The van der Waals surface area contributed by atoms with Gasteiger partial charge in [0.1, 0.15) is 16.8 Å². The molecule has 3 heterocycles. The number of hydrogen-bond donors (Lipinski definition) is 1. The van der Waals surface area contributed by atoms with E-state index >= 15 is 0 Å². The number of β-lactam (4-membered cyclic amide) rings is 1. The quantitative estimate of drug-likeness (QED) is 0.265. The lowest BCUT2D eigenvalue weighted by atomic mass is 9.89. The standard InChI is InChI=1S/C16H24N6O5S2/c1-15(2,3)12(24)26-8-27-13(25)16(7-29-14-18-19-20-21(14)4)5-22-10(23)9(17)11(22)28-6-16/h9,11H,5-8,17H2,1-4H3/t9?,11-,16?/m1/s1. The molecular formula is C16H24N6O5S2. The number of rotatable bonds is 6. The van der Waals surface area contributed by atoms with E-state index in [1.165, 1.54) is 28.2 Å². The van der Waals surface area contributed by atoms with Gasteiger partial charge in [0, 0.05) is 25.1 Å². The molecule has 2 N–H and O–H groups in total. The number of esters is 2. The van der Waals surface area contributed by atoms with Gasteiger partial charge in [-0.05, 0) is 31.2 Å². The number of nitrogens with two attached hydrogens (primary N) is 1. The molecular weight excluding hydrogens is 420 g/mol. The first-order valence-corrected chi connectivity index (χ1v) is 11.0. The maximum atomic E-state index is 13.0. The minimum Gasteiger partial charge on any atom is -0.427 e. The van der Waals surface area contributed by atoms with E-state index in [9.17, 15) is 14.4 Å². The fourth-order valence-electron chi connectivity index (χ4n) is 2.85. The summed E-state index contributed by atoms with van der Waals surface area (Å²) in [5.74, 6) is -0.489. The van der Waals surface area contributed by atoms with Crippen LogP contribution in [0.1, 0.15) is 20.8 Å². The normalized spacial score (nSPS) is 26.5. The zero-order valence-electron chi connectivity index (χ0n) is 16.7. The van der Waals surface area contributed by atoms with Gasteiger partial charge in [-0.3, -0.25) is 14.4 Å². The summed E-state index contributed by atoms with van der Waals surface area (Å²) >= 11 is 2.74. The molecule has 2 aliphatic rings. The van der Waals surface area contributed by atoms with Gasteiger partial charge in [-0.2, -0.15) is 0 Å². The average molecular weight is 445 g/mol. The largest absolute Gasteiger partial charge is 0.427 e. The average Bonchev–Trinajstić information content (AvgIpc) is 3.09. The fourth-order valence-corrected chi connectivity index (χ4v) is 5.50. The van der Waals surface area contributed by atoms with Gasteiger partial charge in [0.15, 0.2) is 0 Å². The maximum Gasteiger partial charge on any atom is 0.318 e. The lowest BCUT2D eigenvalue weighted by Gasteiger charge is -2.53. The van der Waals surface area contributed by atoms with Crippen LogP contribution in [-0.4, -0.2) is 79.2 Å². The molecule has 29 heavy (non-hydrogen) atoms. The van der Waals surface area contributed by atoms with Crippen LogP contribution in [0.5, 0.6) is 0 Å². The number of aromatic nitrogens is 4. The summed E-state index contributed by atoms with van der Waals surface area (Å²) in [6.07, 6.45) is 0. The molecule has 3 atom stereocenters. The van der Waals surface area contributed by atoms with Crippen molar-refractivity contribution < 1.29 is 23.9 Å². The Labute approximate surface area is 176 Å². The third-order valence-electron chi connectivity index (χ3n) is 4.67. The Morgan fingerprint density at radius 1 is 1.38 bits per heavy atom. The minimum atomic E-state index is -0.998. The van der Waals surface area contributed by atoms with Crippen molar-refractivity contribution in [1.29, 1.82) is 0 Å². The van der Waals surface area contributed by atoms with E-state index in [1.54, 1.807) is 32.7 Å². The van der Waals surface area contributed by atoms with Gasteiger partial charge in [-0.15, -0.1) is 16.9 Å². The molecule has 0 radical (unpaired) electrons. The Kier molecular flexibility index (Phi) is 6.11. The lowest BCUT2D eigenvalue weighted by Crippen LogP contribution is -2.72. The molecule has 3 rings (SSSR count). The van der Waals surface area contributed by atoms with Crippen molar-refractivity contribution in [2.75, 3.05) is 24.8 Å². The Morgan fingerprint density at radius 3 is 2.72 bits per heavy atom. The highest BCUT2D eigenvalue weighted by Crippen LogP contribution is 2.44. The van der Waals surface area contributed by atoms with Crippen LogP contribution < -0.4 is 5.73 Å². The zero-order chi connectivity index (χ0) is 21.4. The molecule has 0 saturated carbocycles. The Hall–Kier alpha value is -1.86. The van der Waals surface area contributed by atoms with Crippen molar-refractivity contribution in [1.82, 2.24) is 25.1 Å². The third-order valence-corrected chi connectivity index (χ3v) is 7.58. The Morgan fingerprint density at radius 2 is 2.10 bits per heavy atom. The Bertz CT molecular complexity index is 812. The van der Waals surface area contributed by atoms with Gasteiger partial charge >= 0.3 is 11.9 Å². The van der Waals surface area contributed by atoms with Gasteiger partial charge in [0.2, 0.25) is 17.9 Å². The van der Waals surface area contributed by atoms with E-state index in [4.69, 9.17) is 15.2 Å². The molecule has 2 fully saturated rings. The molecule has 11 nitrogen and oxygen atoms in total. The Balaban J connectivity index is 1.69. The van der Waals surface area contributed by atoms with E-state index in [0.29, 0.717) is 16.7 Å². The first-order chi connectivity index (χ1) is 13.5. The second-order valence-electron chi connectivity index (χ2n) is 8.08. The number of tetrazole rings is 1. The second-order valence-corrected chi connectivity index (χ2v) is 10.1. The van der Waals surface area contributed by atoms with Gasteiger partial charge in [0.05, 0.1) is 5.41 Å². The van der Waals surface area contributed by atoms with Gasteiger partial charge in [-0.1, -0.05) is 11.8 Å². The number of aryl methyl sites for hydroxylation is 1. The molecule has 2 unspecified atom stereocenters. The van der Waals surface area contributed by atoms with E-state index in [0.717, 1.165) is 0 Å². The molecule has 0 aliphatic carbocycles. The predicted molar refractivity (Wildman–Crippen MR) is 104 cm³/mol. The molecule has 1 aromatic heterocycles. The maximum absolute atomic E-state index is 13.0. The van der Waals surface area contributed by atoms with E-state index < -0.39 is 35.6 Å². The molecule has 2 saturated heterocycles.